The van der Waals surface area contributed by atoms with Crippen LogP contribution in [-0.4, -0.2) is 19.0 Å². The third kappa shape index (κ3) is 3.23. The molecule has 136 valence electrons. The zero-order chi connectivity index (χ0) is 18.2. The summed E-state index contributed by atoms with van der Waals surface area (Å²) in [6, 6.07) is 10.2. The molecule has 3 heteroatoms. The highest BCUT2D eigenvalue weighted by molar-refractivity contribution is 6.74. The first kappa shape index (κ1) is 19.7. The molecule has 2 rings (SSSR count). The number of hydrogen-bond donors (Lipinski definition) is 1. The molecule has 0 spiro atoms. The smallest absolute Gasteiger partial charge is 0.193 e. The lowest BCUT2D eigenvalue weighted by atomic mass is 9.63. The molecular formula is C21H36O2Si. The molecule has 1 aromatic rings. The van der Waals surface area contributed by atoms with Crippen molar-refractivity contribution in [2.45, 2.75) is 89.6 Å². The summed E-state index contributed by atoms with van der Waals surface area (Å²) in [5.41, 5.74) is -0.400. The summed E-state index contributed by atoms with van der Waals surface area (Å²) in [5, 5.41) is 12.1. The van der Waals surface area contributed by atoms with Gasteiger partial charge in [-0.1, -0.05) is 77.8 Å². The van der Waals surface area contributed by atoms with Gasteiger partial charge in [0.2, 0.25) is 0 Å². The first-order valence-corrected chi connectivity index (χ1v) is 12.4. The molecule has 1 aromatic carbocycles. The monoisotopic (exact) mass is 348 g/mol. The molecule has 1 N–H and O–H groups in total. The van der Waals surface area contributed by atoms with Crippen LogP contribution < -0.4 is 0 Å². The normalized spacial score (nSPS) is 29.0. The predicted molar refractivity (Wildman–Crippen MR) is 105 cm³/mol. The topological polar surface area (TPSA) is 29.5 Å². The van der Waals surface area contributed by atoms with E-state index in [9.17, 15) is 5.11 Å². The zero-order valence-electron chi connectivity index (χ0n) is 16.6. The molecule has 0 radical (unpaired) electrons. The molecule has 1 saturated carbocycles. The molecule has 0 heterocycles. The summed E-state index contributed by atoms with van der Waals surface area (Å²) < 4.78 is 7.05. The highest BCUT2D eigenvalue weighted by Gasteiger charge is 2.58. The van der Waals surface area contributed by atoms with E-state index in [1.54, 1.807) is 0 Å². The Morgan fingerprint density at radius 1 is 1.04 bits per heavy atom. The molecule has 1 aliphatic rings. The van der Waals surface area contributed by atoms with Crippen molar-refractivity contribution in [2.75, 3.05) is 0 Å². The Bertz CT molecular complexity index is 547. The molecule has 0 unspecified atom stereocenters. The van der Waals surface area contributed by atoms with Crippen LogP contribution in [0.1, 0.15) is 65.9 Å². The third-order valence-electron chi connectivity index (χ3n) is 6.46. The Labute approximate surface area is 149 Å². The largest absolute Gasteiger partial charge is 0.408 e. The lowest BCUT2D eigenvalue weighted by Gasteiger charge is -2.57. The second-order valence-corrected chi connectivity index (χ2v) is 14.1. The molecule has 0 amide bonds. The van der Waals surface area contributed by atoms with E-state index in [1.165, 1.54) is 0 Å². The quantitative estimate of drug-likeness (QED) is 0.690. The minimum absolute atomic E-state index is 0.129. The minimum Gasteiger partial charge on any atom is -0.408 e. The Morgan fingerprint density at radius 2 is 1.58 bits per heavy atom. The standard InChI is InChI=1S/C21H36O2Si/c1-17(2)21(23-24(6,7)19(3,4)5)16-12-11-15-20(21,22)18-13-9-8-10-14-18/h8-10,13-14,17,22H,11-12,15-16H2,1-7H3/t20-,21+/m0/s1. The molecule has 1 fully saturated rings. The Morgan fingerprint density at radius 3 is 2.08 bits per heavy atom. The third-order valence-corrected chi connectivity index (χ3v) is 11.0. The average molecular weight is 349 g/mol. The van der Waals surface area contributed by atoms with Crippen molar-refractivity contribution in [2.24, 2.45) is 5.92 Å². The van der Waals surface area contributed by atoms with Crippen molar-refractivity contribution in [3.8, 4) is 0 Å². The molecule has 2 nitrogen and oxygen atoms in total. The van der Waals surface area contributed by atoms with Gasteiger partial charge in [-0.2, -0.15) is 0 Å². The first-order chi connectivity index (χ1) is 11.0. The van der Waals surface area contributed by atoms with E-state index in [0.29, 0.717) is 0 Å². The fraction of sp³-hybridized carbons (Fsp3) is 0.714. The fourth-order valence-corrected chi connectivity index (χ4v) is 5.64. The van der Waals surface area contributed by atoms with E-state index in [-0.39, 0.29) is 11.0 Å². The van der Waals surface area contributed by atoms with Crippen LogP contribution in [0, 0.1) is 5.92 Å². The van der Waals surface area contributed by atoms with Gasteiger partial charge in [-0.3, -0.25) is 0 Å². The van der Waals surface area contributed by atoms with Gasteiger partial charge >= 0.3 is 0 Å². The summed E-state index contributed by atoms with van der Waals surface area (Å²) >= 11 is 0. The van der Waals surface area contributed by atoms with E-state index < -0.39 is 19.5 Å². The first-order valence-electron chi connectivity index (χ1n) is 9.44. The van der Waals surface area contributed by atoms with Gasteiger partial charge in [-0.05, 0) is 42.5 Å². The number of benzene rings is 1. The summed E-state index contributed by atoms with van der Waals surface area (Å²) in [5.74, 6) is 0.261. The van der Waals surface area contributed by atoms with Gasteiger partial charge in [0, 0.05) is 0 Å². The fourth-order valence-electron chi connectivity index (χ4n) is 3.92. The van der Waals surface area contributed by atoms with Crippen LogP contribution in [0.4, 0.5) is 0 Å². The molecule has 2 atom stereocenters. The minimum atomic E-state index is -2.01. The Balaban J connectivity index is 2.56. The maximum atomic E-state index is 11.9. The number of hydrogen-bond acceptors (Lipinski definition) is 2. The predicted octanol–water partition coefficient (Wildman–Crippen LogP) is 5.86. The van der Waals surface area contributed by atoms with Crippen molar-refractivity contribution in [3.05, 3.63) is 35.9 Å². The van der Waals surface area contributed by atoms with Crippen LogP contribution in [-0.2, 0) is 10.0 Å². The lowest BCUT2D eigenvalue weighted by Crippen LogP contribution is -2.64. The Kier molecular flexibility index (Phi) is 5.40. The molecule has 0 aromatic heterocycles. The van der Waals surface area contributed by atoms with Crippen LogP contribution in [0.15, 0.2) is 30.3 Å². The van der Waals surface area contributed by atoms with Crippen LogP contribution in [0.3, 0.4) is 0 Å². The molecule has 24 heavy (non-hydrogen) atoms. The average Bonchev–Trinajstić information content (AvgIpc) is 2.49. The summed E-state index contributed by atoms with van der Waals surface area (Å²) in [7, 11) is -2.01. The number of aliphatic hydroxyl groups is 1. The van der Waals surface area contributed by atoms with E-state index in [0.717, 1.165) is 31.2 Å². The van der Waals surface area contributed by atoms with Gasteiger partial charge in [0.05, 0.1) is 5.60 Å². The van der Waals surface area contributed by atoms with Gasteiger partial charge in [-0.25, -0.2) is 0 Å². The van der Waals surface area contributed by atoms with Gasteiger partial charge < -0.3 is 9.53 Å². The van der Waals surface area contributed by atoms with Crippen LogP contribution in [0.2, 0.25) is 18.1 Å². The molecule has 0 bridgehead atoms. The van der Waals surface area contributed by atoms with Crippen LogP contribution in [0.25, 0.3) is 0 Å². The van der Waals surface area contributed by atoms with Gasteiger partial charge in [0.15, 0.2) is 8.32 Å². The molecule has 0 saturated heterocycles. The summed E-state index contributed by atoms with van der Waals surface area (Å²) in [6.07, 6.45) is 3.90. The van der Waals surface area contributed by atoms with Crippen molar-refractivity contribution >= 4 is 8.32 Å². The second-order valence-electron chi connectivity index (χ2n) is 9.34. The summed E-state index contributed by atoms with van der Waals surface area (Å²) in [4.78, 5) is 0. The number of rotatable bonds is 4. The van der Waals surface area contributed by atoms with E-state index in [4.69, 9.17) is 4.43 Å². The highest BCUT2D eigenvalue weighted by Crippen LogP contribution is 2.54. The van der Waals surface area contributed by atoms with E-state index in [2.05, 4.69) is 59.8 Å². The van der Waals surface area contributed by atoms with Crippen LogP contribution in [0.5, 0.6) is 0 Å². The summed E-state index contributed by atoms with van der Waals surface area (Å²) in [6.45, 7) is 15.9. The van der Waals surface area contributed by atoms with E-state index in [1.807, 2.05) is 18.2 Å². The SMILES string of the molecule is CC(C)[C@]1(O[Si](C)(C)C(C)(C)C)CCCC[C@]1(O)c1ccccc1. The van der Waals surface area contributed by atoms with Gasteiger partial charge in [0.1, 0.15) is 5.60 Å². The molecule has 1 aliphatic carbocycles. The van der Waals surface area contributed by atoms with E-state index >= 15 is 0 Å². The van der Waals surface area contributed by atoms with Gasteiger partial charge in [0.25, 0.3) is 0 Å². The maximum absolute atomic E-state index is 11.9. The van der Waals surface area contributed by atoms with Crippen LogP contribution >= 0.6 is 0 Å². The highest BCUT2D eigenvalue weighted by atomic mass is 28.4. The lowest BCUT2D eigenvalue weighted by molar-refractivity contribution is -0.194. The van der Waals surface area contributed by atoms with Gasteiger partial charge in [-0.15, -0.1) is 0 Å². The van der Waals surface area contributed by atoms with Crippen molar-refractivity contribution < 1.29 is 9.53 Å². The Hall–Kier alpha value is -0.643. The molecular weight excluding hydrogens is 312 g/mol. The molecule has 0 aliphatic heterocycles. The van der Waals surface area contributed by atoms with Crippen molar-refractivity contribution in [1.29, 1.82) is 0 Å². The second kappa shape index (κ2) is 6.58. The van der Waals surface area contributed by atoms with Crippen molar-refractivity contribution in [3.63, 3.8) is 0 Å². The zero-order valence-corrected chi connectivity index (χ0v) is 17.6. The maximum Gasteiger partial charge on any atom is 0.193 e. The van der Waals surface area contributed by atoms with Crippen molar-refractivity contribution in [1.82, 2.24) is 0 Å².